The first-order chi connectivity index (χ1) is 14.9. The SMILES string of the molecule is C=CCOC(=O)C1=C(C)NC(=S)NC1c1ccc(OCc2ccc(F)cc2)c(OC)c1. The first-order valence-electron chi connectivity index (χ1n) is 9.54. The van der Waals surface area contributed by atoms with Gasteiger partial charge in [0.15, 0.2) is 16.6 Å². The molecule has 1 heterocycles. The lowest BCUT2D eigenvalue weighted by Gasteiger charge is -2.30. The summed E-state index contributed by atoms with van der Waals surface area (Å²) in [5.74, 6) is 0.232. The molecule has 31 heavy (non-hydrogen) atoms. The quantitative estimate of drug-likeness (QED) is 0.365. The van der Waals surface area contributed by atoms with E-state index in [-0.39, 0.29) is 19.0 Å². The van der Waals surface area contributed by atoms with Crippen LogP contribution in [0.2, 0.25) is 0 Å². The number of benzene rings is 2. The number of hydrogen-bond acceptors (Lipinski definition) is 5. The molecule has 8 heteroatoms. The highest BCUT2D eigenvalue weighted by Crippen LogP contribution is 2.35. The Hall–Kier alpha value is -3.39. The van der Waals surface area contributed by atoms with Crippen LogP contribution in [-0.2, 0) is 16.1 Å². The number of hydrogen-bond donors (Lipinski definition) is 2. The first kappa shape index (κ1) is 22.3. The van der Waals surface area contributed by atoms with Crippen molar-refractivity contribution in [2.24, 2.45) is 0 Å². The second kappa shape index (κ2) is 10.1. The minimum Gasteiger partial charge on any atom is -0.493 e. The van der Waals surface area contributed by atoms with Crippen LogP contribution in [0.25, 0.3) is 0 Å². The maximum atomic E-state index is 13.1. The second-order valence-corrected chi connectivity index (χ2v) is 7.19. The second-order valence-electron chi connectivity index (χ2n) is 6.78. The third kappa shape index (κ3) is 5.40. The highest BCUT2D eigenvalue weighted by atomic mass is 32.1. The third-order valence-corrected chi connectivity index (χ3v) is 4.87. The molecule has 0 saturated carbocycles. The zero-order valence-corrected chi connectivity index (χ0v) is 18.1. The number of thiocarbonyl (C=S) groups is 1. The summed E-state index contributed by atoms with van der Waals surface area (Å²) in [5, 5.41) is 6.47. The van der Waals surface area contributed by atoms with Gasteiger partial charge < -0.3 is 24.8 Å². The zero-order chi connectivity index (χ0) is 22.4. The molecule has 0 fully saturated rings. The number of nitrogens with one attached hydrogen (secondary N) is 2. The fourth-order valence-electron chi connectivity index (χ4n) is 3.15. The molecule has 2 N–H and O–H groups in total. The van der Waals surface area contributed by atoms with Crippen LogP contribution in [-0.4, -0.2) is 24.8 Å². The Kier molecular flexibility index (Phi) is 7.25. The van der Waals surface area contributed by atoms with Crippen LogP contribution < -0.4 is 20.1 Å². The van der Waals surface area contributed by atoms with Gasteiger partial charge in [0, 0.05) is 5.70 Å². The predicted molar refractivity (Wildman–Crippen MR) is 119 cm³/mol. The van der Waals surface area contributed by atoms with Crippen molar-refractivity contribution in [1.82, 2.24) is 10.6 Å². The Morgan fingerprint density at radius 1 is 1.23 bits per heavy atom. The number of allylic oxidation sites excluding steroid dienone is 1. The van der Waals surface area contributed by atoms with E-state index in [2.05, 4.69) is 17.2 Å². The maximum absolute atomic E-state index is 13.1. The van der Waals surface area contributed by atoms with Gasteiger partial charge in [0.2, 0.25) is 0 Å². The summed E-state index contributed by atoms with van der Waals surface area (Å²) >= 11 is 5.27. The van der Waals surface area contributed by atoms with Gasteiger partial charge in [0.1, 0.15) is 19.0 Å². The van der Waals surface area contributed by atoms with Crippen LogP contribution in [0.5, 0.6) is 11.5 Å². The van der Waals surface area contributed by atoms with Crippen molar-refractivity contribution in [3.8, 4) is 11.5 Å². The highest BCUT2D eigenvalue weighted by Gasteiger charge is 2.31. The van der Waals surface area contributed by atoms with Crippen LogP contribution >= 0.6 is 12.2 Å². The van der Waals surface area contributed by atoms with E-state index in [9.17, 15) is 9.18 Å². The summed E-state index contributed by atoms with van der Waals surface area (Å²) in [6.07, 6.45) is 1.51. The predicted octanol–water partition coefficient (Wildman–Crippen LogP) is 3.94. The Labute approximate surface area is 185 Å². The van der Waals surface area contributed by atoms with Crippen molar-refractivity contribution < 1.29 is 23.4 Å². The van der Waals surface area contributed by atoms with Gasteiger partial charge in [-0.1, -0.05) is 30.9 Å². The van der Waals surface area contributed by atoms with Gasteiger partial charge >= 0.3 is 5.97 Å². The van der Waals surface area contributed by atoms with Crippen LogP contribution in [0.4, 0.5) is 4.39 Å². The Bertz CT molecular complexity index is 1020. The van der Waals surface area contributed by atoms with Crippen LogP contribution in [0.3, 0.4) is 0 Å². The van der Waals surface area contributed by atoms with E-state index >= 15 is 0 Å². The number of rotatable bonds is 8. The van der Waals surface area contributed by atoms with E-state index in [1.165, 1.54) is 25.3 Å². The number of esters is 1. The lowest BCUT2D eigenvalue weighted by molar-refractivity contribution is -0.138. The number of methoxy groups -OCH3 is 1. The summed E-state index contributed by atoms with van der Waals surface area (Å²) in [4.78, 5) is 12.6. The van der Waals surface area contributed by atoms with Gasteiger partial charge in [-0.05, 0) is 54.5 Å². The molecular formula is C23H23FN2O4S. The highest BCUT2D eigenvalue weighted by molar-refractivity contribution is 7.80. The van der Waals surface area contributed by atoms with Crippen molar-refractivity contribution in [1.29, 1.82) is 0 Å². The molecule has 0 aromatic heterocycles. The monoisotopic (exact) mass is 442 g/mol. The number of carbonyl (C=O) groups excluding carboxylic acids is 1. The molecule has 162 valence electrons. The molecular weight excluding hydrogens is 419 g/mol. The number of halogens is 1. The van der Waals surface area contributed by atoms with Gasteiger partial charge in [0.25, 0.3) is 0 Å². The minimum atomic E-state index is -0.522. The lowest BCUT2D eigenvalue weighted by Crippen LogP contribution is -2.45. The molecule has 1 unspecified atom stereocenters. The summed E-state index contributed by atoms with van der Waals surface area (Å²) in [6, 6.07) is 10.9. The zero-order valence-electron chi connectivity index (χ0n) is 17.2. The Balaban J connectivity index is 1.86. The van der Waals surface area contributed by atoms with E-state index < -0.39 is 12.0 Å². The van der Waals surface area contributed by atoms with Crippen molar-refractivity contribution in [2.75, 3.05) is 13.7 Å². The summed E-state index contributed by atoms with van der Waals surface area (Å²) in [6.45, 7) is 5.69. The van der Waals surface area contributed by atoms with Crippen molar-refractivity contribution in [3.63, 3.8) is 0 Å². The Morgan fingerprint density at radius 2 is 1.97 bits per heavy atom. The molecule has 2 aromatic carbocycles. The van der Waals surface area contributed by atoms with Crippen molar-refractivity contribution in [2.45, 2.75) is 19.6 Å². The lowest BCUT2D eigenvalue weighted by atomic mass is 9.95. The number of ether oxygens (including phenoxy) is 3. The largest absolute Gasteiger partial charge is 0.493 e. The molecule has 0 spiro atoms. The molecule has 3 rings (SSSR count). The fraction of sp³-hybridized carbons (Fsp3) is 0.217. The van der Waals surface area contributed by atoms with Crippen LogP contribution in [0.15, 0.2) is 66.4 Å². The smallest absolute Gasteiger partial charge is 0.338 e. The normalized spacial score (nSPS) is 15.6. The molecule has 0 aliphatic carbocycles. The van der Waals surface area contributed by atoms with Gasteiger partial charge in [-0.15, -0.1) is 0 Å². The molecule has 1 aliphatic rings. The van der Waals surface area contributed by atoms with Gasteiger partial charge in [-0.25, -0.2) is 9.18 Å². The molecule has 0 amide bonds. The fourth-order valence-corrected chi connectivity index (χ4v) is 3.42. The van der Waals surface area contributed by atoms with Crippen molar-refractivity contribution >= 4 is 23.3 Å². The maximum Gasteiger partial charge on any atom is 0.338 e. The van der Waals surface area contributed by atoms with E-state index in [4.69, 9.17) is 26.4 Å². The molecule has 0 radical (unpaired) electrons. The van der Waals surface area contributed by atoms with Gasteiger partial charge in [0.05, 0.1) is 18.7 Å². The molecule has 2 aromatic rings. The molecule has 6 nitrogen and oxygen atoms in total. The third-order valence-electron chi connectivity index (χ3n) is 4.65. The van der Waals surface area contributed by atoms with Crippen molar-refractivity contribution in [3.05, 3.63) is 83.3 Å². The topological polar surface area (TPSA) is 68.8 Å². The summed E-state index contributed by atoms with van der Waals surface area (Å²) in [5.41, 5.74) is 2.60. The van der Waals surface area contributed by atoms with Crippen LogP contribution in [0, 0.1) is 5.82 Å². The van der Waals surface area contributed by atoms with E-state index in [1.807, 2.05) is 6.07 Å². The Morgan fingerprint density at radius 3 is 2.65 bits per heavy atom. The van der Waals surface area contributed by atoms with E-state index in [0.717, 1.165) is 11.1 Å². The van der Waals surface area contributed by atoms with Gasteiger partial charge in [-0.2, -0.15) is 0 Å². The minimum absolute atomic E-state index is 0.103. The van der Waals surface area contributed by atoms with Gasteiger partial charge in [-0.3, -0.25) is 0 Å². The number of carbonyl (C=O) groups is 1. The molecule has 1 atom stereocenters. The summed E-state index contributed by atoms with van der Waals surface area (Å²) < 4.78 is 29.7. The van der Waals surface area contributed by atoms with E-state index in [1.54, 1.807) is 31.2 Å². The average Bonchev–Trinajstić information content (AvgIpc) is 2.76. The van der Waals surface area contributed by atoms with E-state index in [0.29, 0.717) is 27.9 Å². The first-order valence-corrected chi connectivity index (χ1v) is 9.95. The van der Waals surface area contributed by atoms with Crippen LogP contribution in [0.1, 0.15) is 24.1 Å². The molecule has 1 aliphatic heterocycles. The molecule has 0 bridgehead atoms. The average molecular weight is 443 g/mol. The molecule has 0 saturated heterocycles. The standard InChI is InChI=1S/C23H23FN2O4S/c1-4-11-29-22(27)20-14(2)25-23(31)26-21(20)16-7-10-18(19(12-16)28-3)30-13-15-5-8-17(24)9-6-15/h4-10,12,21H,1,11,13H2,2-3H3,(H2,25,26,31). The summed E-state index contributed by atoms with van der Waals surface area (Å²) in [7, 11) is 1.53.